The summed E-state index contributed by atoms with van der Waals surface area (Å²) >= 11 is 1.46. The number of thioether (sulfide) groups is 1. The van der Waals surface area contributed by atoms with Crippen LogP contribution in [0.1, 0.15) is 52.6 Å². The molecule has 0 aliphatic carbocycles. The van der Waals surface area contributed by atoms with Gasteiger partial charge in [-0.05, 0) is 38.7 Å². The lowest BCUT2D eigenvalue weighted by molar-refractivity contribution is -0.150. The molecule has 4 rings (SSSR count). The van der Waals surface area contributed by atoms with Crippen molar-refractivity contribution in [2.24, 2.45) is 4.99 Å². The van der Waals surface area contributed by atoms with Gasteiger partial charge in [0.25, 0.3) is 0 Å². The third kappa shape index (κ3) is 5.45. The monoisotopic (exact) mass is 496 g/mol. The van der Waals surface area contributed by atoms with Gasteiger partial charge in [-0.3, -0.25) is 9.59 Å². The molecule has 1 atom stereocenters. The minimum atomic E-state index is -0.647. The number of amidine groups is 1. The molecule has 0 N–H and O–H groups in total. The van der Waals surface area contributed by atoms with Crippen molar-refractivity contribution in [1.82, 2.24) is 14.7 Å². The lowest BCUT2D eigenvalue weighted by Gasteiger charge is -2.38. The van der Waals surface area contributed by atoms with Gasteiger partial charge >= 0.3 is 5.97 Å². The highest BCUT2D eigenvalue weighted by atomic mass is 32.2. The number of allylic oxidation sites excluding steroid dienone is 1. The predicted molar refractivity (Wildman–Crippen MR) is 136 cm³/mol. The van der Waals surface area contributed by atoms with Gasteiger partial charge in [0.15, 0.2) is 5.17 Å². The Morgan fingerprint density at radius 2 is 1.69 bits per heavy atom. The van der Waals surface area contributed by atoms with E-state index in [9.17, 15) is 14.4 Å². The zero-order valence-corrected chi connectivity index (χ0v) is 21.7. The number of carbonyl (C=O) groups excluding carboxylic acids is 3. The van der Waals surface area contributed by atoms with E-state index < -0.39 is 17.6 Å². The van der Waals surface area contributed by atoms with E-state index in [1.807, 2.05) is 68.3 Å². The van der Waals surface area contributed by atoms with Crippen LogP contribution in [0.2, 0.25) is 0 Å². The number of hydrogen-bond acceptors (Lipinski definition) is 7. The van der Waals surface area contributed by atoms with Gasteiger partial charge in [-0.25, -0.2) is 9.79 Å². The van der Waals surface area contributed by atoms with E-state index >= 15 is 0 Å². The van der Waals surface area contributed by atoms with Gasteiger partial charge in [-0.1, -0.05) is 42.1 Å². The molecule has 9 heteroatoms. The van der Waals surface area contributed by atoms with Crippen LogP contribution in [0, 0.1) is 0 Å². The number of aliphatic imine (C=N–C) groups is 1. The van der Waals surface area contributed by atoms with E-state index in [1.165, 1.54) is 11.8 Å². The van der Waals surface area contributed by atoms with E-state index in [0.717, 1.165) is 16.4 Å². The maximum Gasteiger partial charge on any atom is 0.338 e. The van der Waals surface area contributed by atoms with Gasteiger partial charge < -0.3 is 19.4 Å². The van der Waals surface area contributed by atoms with Gasteiger partial charge in [0.05, 0.1) is 23.7 Å². The molecule has 3 aliphatic rings. The smallest absolute Gasteiger partial charge is 0.338 e. The van der Waals surface area contributed by atoms with Crippen molar-refractivity contribution in [3.63, 3.8) is 0 Å². The molecule has 8 nitrogen and oxygen atoms in total. The van der Waals surface area contributed by atoms with E-state index in [4.69, 9.17) is 9.73 Å². The molecule has 2 amide bonds. The van der Waals surface area contributed by atoms with Crippen molar-refractivity contribution in [3.05, 3.63) is 58.3 Å². The maximum absolute atomic E-state index is 13.3. The Balaban J connectivity index is 1.61. The quantitative estimate of drug-likeness (QED) is 0.592. The molecule has 3 heterocycles. The third-order valence-corrected chi connectivity index (χ3v) is 7.03. The number of benzene rings is 1. The average molecular weight is 497 g/mol. The first-order valence-electron chi connectivity index (χ1n) is 11.8. The lowest BCUT2D eigenvalue weighted by Crippen LogP contribution is -2.50. The van der Waals surface area contributed by atoms with Crippen molar-refractivity contribution >= 4 is 34.7 Å². The van der Waals surface area contributed by atoms with Crippen molar-refractivity contribution < 1.29 is 19.1 Å². The summed E-state index contributed by atoms with van der Waals surface area (Å²) in [4.78, 5) is 48.5. The van der Waals surface area contributed by atoms with E-state index in [2.05, 4.69) is 0 Å². The van der Waals surface area contributed by atoms with Crippen LogP contribution in [-0.4, -0.2) is 69.4 Å². The number of amides is 2. The zero-order chi connectivity index (χ0) is 25.3. The summed E-state index contributed by atoms with van der Waals surface area (Å²) < 4.78 is 5.76. The molecule has 0 bridgehead atoms. The second-order valence-corrected chi connectivity index (χ2v) is 10.7. The zero-order valence-electron chi connectivity index (χ0n) is 20.9. The molecule has 0 aromatic heterocycles. The van der Waals surface area contributed by atoms with Crippen molar-refractivity contribution in [2.45, 2.75) is 52.7 Å². The Morgan fingerprint density at radius 3 is 2.29 bits per heavy atom. The number of esters is 1. The van der Waals surface area contributed by atoms with E-state index in [-0.39, 0.29) is 18.2 Å². The molecular formula is C26H32N4O4S. The second-order valence-electron chi connectivity index (χ2n) is 9.87. The Morgan fingerprint density at radius 1 is 1.06 bits per heavy atom. The van der Waals surface area contributed by atoms with Crippen LogP contribution in [0.25, 0.3) is 0 Å². The largest absolute Gasteiger partial charge is 0.456 e. The molecule has 3 aliphatic heterocycles. The van der Waals surface area contributed by atoms with E-state index in [1.54, 1.807) is 16.7 Å². The van der Waals surface area contributed by atoms with Crippen LogP contribution in [0.15, 0.2) is 57.7 Å². The van der Waals surface area contributed by atoms with Crippen LogP contribution in [0.5, 0.6) is 0 Å². The molecule has 1 saturated heterocycles. The molecule has 1 fully saturated rings. The Labute approximate surface area is 210 Å². The minimum absolute atomic E-state index is 0.00166. The summed E-state index contributed by atoms with van der Waals surface area (Å²) in [7, 11) is 0. The fraction of sp³-hybridized carbons (Fsp3) is 0.462. The van der Waals surface area contributed by atoms with Gasteiger partial charge in [0.1, 0.15) is 5.60 Å². The Bertz CT molecular complexity index is 1110. The summed E-state index contributed by atoms with van der Waals surface area (Å²) in [5.41, 5.74) is 2.18. The second kappa shape index (κ2) is 9.89. The van der Waals surface area contributed by atoms with Crippen LogP contribution < -0.4 is 0 Å². The number of hydrogen-bond donors (Lipinski definition) is 0. The first-order chi connectivity index (χ1) is 16.5. The summed E-state index contributed by atoms with van der Waals surface area (Å²) in [5, 5.41) is 2.69. The topological polar surface area (TPSA) is 82.5 Å². The molecule has 35 heavy (non-hydrogen) atoms. The molecule has 0 radical (unpaired) electrons. The number of carbonyl (C=O) groups is 3. The van der Waals surface area contributed by atoms with Crippen molar-refractivity contribution in [2.75, 3.05) is 26.2 Å². The van der Waals surface area contributed by atoms with Gasteiger partial charge in [-0.2, -0.15) is 0 Å². The fourth-order valence-electron chi connectivity index (χ4n) is 4.45. The van der Waals surface area contributed by atoms with Gasteiger partial charge in [0, 0.05) is 38.8 Å². The average Bonchev–Trinajstić information content (AvgIpc) is 3.19. The molecule has 0 unspecified atom stereocenters. The van der Waals surface area contributed by atoms with Gasteiger partial charge in [0.2, 0.25) is 11.8 Å². The normalized spacial score (nSPS) is 20.4. The minimum Gasteiger partial charge on any atom is -0.456 e. The molecule has 186 valence electrons. The lowest BCUT2D eigenvalue weighted by atomic mass is 9.93. The number of ether oxygens (including phenoxy) is 1. The standard InChI is InChI=1S/C26H32N4O4S/c1-17-22(24(33)34-26(3,4)5)23(19-9-7-6-8-10-19)30-20(16-35-25(30)27-17)15-21(32)29-13-11-28(12-14-29)18(2)31/h6-10,16,23H,11-15H2,1-5H3/t23-/m1/s1. The highest BCUT2D eigenvalue weighted by Crippen LogP contribution is 2.45. The van der Waals surface area contributed by atoms with Crippen molar-refractivity contribution in [1.29, 1.82) is 0 Å². The summed E-state index contributed by atoms with van der Waals surface area (Å²) in [6.45, 7) is 11.0. The SMILES string of the molecule is CC(=O)N1CCN(C(=O)CC2=CSC3=NC(C)=C(C(=O)OC(C)(C)C)[C@@H](c4ccccc4)N23)CC1. The number of fused-ring (bicyclic) bond motifs is 1. The van der Waals surface area contributed by atoms with Crippen molar-refractivity contribution in [3.8, 4) is 0 Å². The summed E-state index contributed by atoms with van der Waals surface area (Å²) in [6.07, 6.45) is 0.191. The highest BCUT2D eigenvalue weighted by molar-refractivity contribution is 8.16. The first-order valence-corrected chi connectivity index (χ1v) is 12.7. The summed E-state index contributed by atoms with van der Waals surface area (Å²) in [5.74, 6) is -0.378. The highest BCUT2D eigenvalue weighted by Gasteiger charge is 2.42. The molecular weight excluding hydrogens is 464 g/mol. The number of piperazine rings is 1. The van der Waals surface area contributed by atoms with E-state index in [0.29, 0.717) is 37.4 Å². The first kappa shape index (κ1) is 25.0. The Kier molecular flexibility index (Phi) is 7.07. The van der Waals surface area contributed by atoms with Crippen LogP contribution in [0.3, 0.4) is 0 Å². The summed E-state index contributed by atoms with van der Waals surface area (Å²) in [6, 6.07) is 9.33. The third-order valence-electron chi connectivity index (χ3n) is 6.14. The Hall–Kier alpha value is -3.07. The van der Waals surface area contributed by atoms with Crippen LogP contribution in [-0.2, 0) is 19.1 Å². The molecule has 0 spiro atoms. The maximum atomic E-state index is 13.3. The number of rotatable bonds is 4. The van der Waals surface area contributed by atoms with Gasteiger partial charge in [-0.15, -0.1) is 0 Å². The molecule has 0 saturated carbocycles. The van der Waals surface area contributed by atoms with Crippen LogP contribution >= 0.6 is 11.8 Å². The fourth-order valence-corrected chi connectivity index (χ4v) is 5.42. The molecule has 1 aromatic rings. The van der Waals surface area contributed by atoms with Crippen LogP contribution in [0.4, 0.5) is 0 Å². The number of nitrogens with zero attached hydrogens (tertiary/aromatic N) is 4. The molecule has 1 aromatic carbocycles. The predicted octanol–water partition coefficient (Wildman–Crippen LogP) is 3.68.